The third kappa shape index (κ3) is 2.42. The maximum absolute atomic E-state index is 12.6. The minimum absolute atomic E-state index is 0.0105. The van der Waals surface area contributed by atoms with E-state index in [0.29, 0.717) is 0 Å². The van der Waals surface area contributed by atoms with Gasteiger partial charge in [0, 0.05) is 10.9 Å². The minimum atomic E-state index is -2.63. The van der Waals surface area contributed by atoms with Crippen LogP contribution in [0.4, 0.5) is 8.78 Å². The smallest absolute Gasteiger partial charge is 0.265 e. The Labute approximate surface area is 93.8 Å². The number of hydrogen-bond acceptors (Lipinski definition) is 3. The van der Waals surface area contributed by atoms with Gasteiger partial charge in [-0.25, -0.2) is 13.8 Å². The zero-order valence-corrected chi connectivity index (χ0v) is 9.38. The molecule has 0 unspecified atom stereocenters. The third-order valence-corrected chi connectivity index (χ3v) is 2.32. The number of rotatable bonds is 3. The first-order chi connectivity index (χ1) is 7.13. The molecule has 15 heavy (non-hydrogen) atoms. The standard InChI is InChI=1S/C9H7BrF2N2O/c1-15-8-2-5(9(11)12)6(3-10)14-7(8)4-13/h2,9H,3H2,1H3. The van der Waals surface area contributed by atoms with E-state index < -0.39 is 6.43 Å². The minimum Gasteiger partial charge on any atom is -0.494 e. The Morgan fingerprint density at radius 1 is 1.67 bits per heavy atom. The summed E-state index contributed by atoms with van der Waals surface area (Å²) in [6.07, 6.45) is -2.63. The summed E-state index contributed by atoms with van der Waals surface area (Å²) in [6.45, 7) is 0. The summed E-state index contributed by atoms with van der Waals surface area (Å²) < 4.78 is 29.9. The first-order valence-electron chi connectivity index (χ1n) is 3.96. The van der Waals surface area contributed by atoms with E-state index in [1.807, 2.05) is 0 Å². The van der Waals surface area contributed by atoms with E-state index in [-0.39, 0.29) is 28.0 Å². The van der Waals surface area contributed by atoms with Crippen LogP contribution >= 0.6 is 15.9 Å². The molecular weight excluding hydrogens is 270 g/mol. The Hall–Kier alpha value is -1.22. The molecule has 0 radical (unpaired) electrons. The molecule has 1 aromatic rings. The second-order valence-corrected chi connectivity index (χ2v) is 3.18. The molecule has 0 spiro atoms. The van der Waals surface area contributed by atoms with Crippen LogP contribution in [-0.2, 0) is 5.33 Å². The molecule has 0 bridgehead atoms. The van der Waals surface area contributed by atoms with Gasteiger partial charge in [0.2, 0.25) is 0 Å². The van der Waals surface area contributed by atoms with Crippen molar-refractivity contribution in [2.24, 2.45) is 0 Å². The molecular formula is C9H7BrF2N2O. The van der Waals surface area contributed by atoms with Crippen LogP contribution in [-0.4, -0.2) is 12.1 Å². The summed E-state index contributed by atoms with van der Waals surface area (Å²) in [5, 5.41) is 8.88. The summed E-state index contributed by atoms with van der Waals surface area (Å²) in [5.41, 5.74) is -0.0542. The topological polar surface area (TPSA) is 45.9 Å². The van der Waals surface area contributed by atoms with Crippen molar-refractivity contribution >= 4 is 15.9 Å². The van der Waals surface area contributed by atoms with E-state index in [9.17, 15) is 8.78 Å². The molecule has 0 N–H and O–H groups in total. The van der Waals surface area contributed by atoms with Gasteiger partial charge in [-0.2, -0.15) is 5.26 Å². The Balaban J connectivity index is 3.36. The number of nitriles is 1. The molecule has 0 fully saturated rings. The fourth-order valence-electron chi connectivity index (χ4n) is 1.08. The summed E-state index contributed by atoms with van der Waals surface area (Å²) in [5.74, 6) is 0.0671. The number of alkyl halides is 3. The average molecular weight is 277 g/mol. The number of pyridine rings is 1. The zero-order chi connectivity index (χ0) is 11.4. The SMILES string of the molecule is COc1cc(C(F)F)c(CBr)nc1C#N. The highest BCUT2D eigenvalue weighted by Gasteiger charge is 2.18. The molecule has 1 aromatic heterocycles. The van der Waals surface area contributed by atoms with Gasteiger partial charge >= 0.3 is 0 Å². The molecule has 6 heteroatoms. The van der Waals surface area contributed by atoms with E-state index in [2.05, 4.69) is 20.9 Å². The molecule has 0 aliphatic heterocycles. The van der Waals surface area contributed by atoms with Gasteiger partial charge in [0.15, 0.2) is 11.4 Å². The van der Waals surface area contributed by atoms with Crippen molar-refractivity contribution in [2.75, 3.05) is 7.11 Å². The first-order valence-corrected chi connectivity index (χ1v) is 5.08. The lowest BCUT2D eigenvalue weighted by molar-refractivity contribution is 0.149. The van der Waals surface area contributed by atoms with Crippen LogP contribution in [0.5, 0.6) is 5.75 Å². The zero-order valence-electron chi connectivity index (χ0n) is 7.80. The van der Waals surface area contributed by atoms with Crippen molar-refractivity contribution in [1.29, 1.82) is 5.26 Å². The molecule has 1 heterocycles. The Morgan fingerprint density at radius 3 is 2.73 bits per heavy atom. The average Bonchev–Trinajstić information content (AvgIpc) is 2.26. The molecule has 0 saturated heterocycles. The third-order valence-electron chi connectivity index (χ3n) is 1.79. The molecule has 0 saturated carbocycles. The van der Waals surface area contributed by atoms with Crippen LogP contribution in [0.2, 0.25) is 0 Å². The number of nitrogens with zero attached hydrogens (tertiary/aromatic N) is 2. The number of methoxy groups -OCH3 is 1. The van der Waals surface area contributed by atoms with E-state index in [0.717, 1.165) is 6.07 Å². The highest BCUT2D eigenvalue weighted by Crippen LogP contribution is 2.28. The molecule has 1 rings (SSSR count). The van der Waals surface area contributed by atoms with Crippen LogP contribution < -0.4 is 4.74 Å². The van der Waals surface area contributed by atoms with Gasteiger partial charge in [0.25, 0.3) is 6.43 Å². The fourth-order valence-corrected chi connectivity index (χ4v) is 1.53. The van der Waals surface area contributed by atoms with Crippen molar-refractivity contribution in [2.45, 2.75) is 11.8 Å². The normalized spacial score (nSPS) is 10.1. The molecule has 0 amide bonds. The summed E-state index contributed by atoms with van der Waals surface area (Å²) >= 11 is 3.04. The van der Waals surface area contributed by atoms with Crippen molar-refractivity contribution in [3.05, 3.63) is 23.0 Å². The van der Waals surface area contributed by atoms with Gasteiger partial charge < -0.3 is 4.74 Å². The van der Waals surface area contributed by atoms with Gasteiger partial charge in [0.1, 0.15) is 6.07 Å². The molecule has 3 nitrogen and oxygen atoms in total. The largest absolute Gasteiger partial charge is 0.494 e. The molecule has 0 atom stereocenters. The van der Waals surface area contributed by atoms with Gasteiger partial charge in [0.05, 0.1) is 12.8 Å². The van der Waals surface area contributed by atoms with Crippen LogP contribution in [0, 0.1) is 11.3 Å². The van der Waals surface area contributed by atoms with Gasteiger partial charge in [-0.3, -0.25) is 0 Å². The summed E-state index contributed by atoms with van der Waals surface area (Å²) in [6, 6.07) is 2.93. The van der Waals surface area contributed by atoms with Crippen molar-refractivity contribution in [3.63, 3.8) is 0 Å². The maximum Gasteiger partial charge on any atom is 0.265 e. The molecule has 80 valence electrons. The maximum atomic E-state index is 12.6. The van der Waals surface area contributed by atoms with E-state index in [1.54, 1.807) is 6.07 Å². The highest BCUT2D eigenvalue weighted by atomic mass is 79.9. The Morgan fingerprint density at radius 2 is 2.33 bits per heavy atom. The molecule has 0 aromatic carbocycles. The summed E-state index contributed by atoms with van der Waals surface area (Å²) in [7, 11) is 1.31. The second kappa shape index (κ2) is 5.03. The van der Waals surface area contributed by atoms with Crippen LogP contribution in [0.25, 0.3) is 0 Å². The lowest BCUT2D eigenvalue weighted by atomic mass is 10.2. The van der Waals surface area contributed by atoms with Gasteiger partial charge in [-0.15, -0.1) is 0 Å². The second-order valence-electron chi connectivity index (χ2n) is 2.62. The predicted molar refractivity (Wildman–Crippen MR) is 53.1 cm³/mol. The summed E-state index contributed by atoms with van der Waals surface area (Å²) in [4.78, 5) is 3.79. The molecule has 0 aliphatic carbocycles. The van der Waals surface area contributed by atoms with Gasteiger partial charge in [-0.05, 0) is 6.07 Å². The van der Waals surface area contributed by atoms with E-state index in [4.69, 9.17) is 10.00 Å². The van der Waals surface area contributed by atoms with E-state index >= 15 is 0 Å². The van der Waals surface area contributed by atoms with Gasteiger partial charge in [-0.1, -0.05) is 15.9 Å². The van der Waals surface area contributed by atoms with Crippen LogP contribution in [0.15, 0.2) is 6.07 Å². The quantitative estimate of drug-likeness (QED) is 0.798. The number of hydrogen-bond donors (Lipinski definition) is 0. The Bertz CT molecular complexity index is 404. The van der Waals surface area contributed by atoms with Crippen molar-refractivity contribution < 1.29 is 13.5 Å². The first kappa shape index (κ1) is 11.9. The number of halogens is 3. The lowest BCUT2D eigenvalue weighted by Crippen LogP contribution is -2.01. The lowest BCUT2D eigenvalue weighted by Gasteiger charge is -2.09. The van der Waals surface area contributed by atoms with Crippen molar-refractivity contribution in [3.8, 4) is 11.8 Å². The predicted octanol–water partition coefficient (Wildman–Crippen LogP) is 2.79. The highest BCUT2D eigenvalue weighted by molar-refractivity contribution is 9.08. The van der Waals surface area contributed by atoms with Crippen LogP contribution in [0.3, 0.4) is 0 Å². The molecule has 0 aliphatic rings. The Kier molecular flexibility index (Phi) is 3.97. The monoisotopic (exact) mass is 276 g/mol. The number of ether oxygens (including phenoxy) is 1. The van der Waals surface area contributed by atoms with E-state index in [1.165, 1.54) is 7.11 Å². The van der Waals surface area contributed by atoms with Crippen LogP contribution in [0.1, 0.15) is 23.4 Å². The number of aromatic nitrogens is 1. The van der Waals surface area contributed by atoms with Crippen molar-refractivity contribution in [1.82, 2.24) is 4.98 Å². The fraction of sp³-hybridized carbons (Fsp3) is 0.333.